The lowest BCUT2D eigenvalue weighted by atomic mass is 10.0. The standard InChI is InChI=1S/C17H20ClNO3S/c1-13-7-9-15(10-8-13)23(21,22)19-16(17(20)12-18)11-14-5-3-2-4-6-14/h2-10,16-17,19-20H,11-12H2,1H3/t16-,17-/m0/s1. The molecule has 6 heteroatoms. The van der Waals surface area contributed by atoms with Crippen molar-refractivity contribution >= 4 is 21.6 Å². The van der Waals surface area contributed by atoms with Crippen LogP contribution in [0.1, 0.15) is 11.1 Å². The maximum atomic E-state index is 12.5. The second kappa shape index (κ2) is 7.93. The molecule has 0 aliphatic rings. The average Bonchev–Trinajstić information content (AvgIpc) is 2.54. The Labute approximate surface area is 142 Å². The third kappa shape index (κ3) is 5.04. The lowest BCUT2D eigenvalue weighted by molar-refractivity contribution is 0.159. The number of halogens is 1. The Morgan fingerprint density at radius 1 is 1.09 bits per heavy atom. The van der Waals surface area contributed by atoms with Gasteiger partial charge in [0, 0.05) is 5.88 Å². The van der Waals surface area contributed by atoms with E-state index in [1.165, 1.54) is 0 Å². The monoisotopic (exact) mass is 353 g/mol. The number of benzene rings is 2. The summed E-state index contributed by atoms with van der Waals surface area (Å²) in [6.07, 6.45) is -0.614. The molecule has 2 aromatic carbocycles. The number of alkyl halides is 1. The Morgan fingerprint density at radius 3 is 2.26 bits per heavy atom. The van der Waals surface area contributed by atoms with Crippen LogP contribution in [-0.4, -0.2) is 31.6 Å². The van der Waals surface area contributed by atoms with E-state index in [0.29, 0.717) is 6.42 Å². The Morgan fingerprint density at radius 2 is 1.70 bits per heavy atom. The third-order valence-corrected chi connectivity index (χ3v) is 5.38. The van der Waals surface area contributed by atoms with Crippen LogP contribution in [-0.2, 0) is 16.4 Å². The quantitative estimate of drug-likeness (QED) is 0.751. The number of aliphatic hydroxyl groups excluding tert-OH is 1. The van der Waals surface area contributed by atoms with Gasteiger partial charge in [-0.25, -0.2) is 13.1 Å². The Bertz CT molecular complexity index is 717. The lowest BCUT2D eigenvalue weighted by Gasteiger charge is -2.23. The van der Waals surface area contributed by atoms with Crippen molar-refractivity contribution in [2.45, 2.75) is 30.4 Å². The molecule has 2 N–H and O–H groups in total. The van der Waals surface area contributed by atoms with Crippen LogP contribution in [0.2, 0.25) is 0 Å². The fourth-order valence-corrected chi connectivity index (χ4v) is 3.70. The van der Waals surface area contributed by atoms with Crippen LogP contribution in [0.15, 0.2) is 59.5 Å². The van der Waals surface area contributed by atoms with Gasteiger partial charge in [0.2, 0.25) is 10.0 Å². The molecular weight excluding hydrogens is 334 g/mol. The summed E-state index contributed by atoms with van der Waals surface area (Å²) in [5.41, 5.74) is 1.90. The van der Waals surface area contributed by atoms with E-state index in [2.05, 4.69) is 4.72 Å². The van der Waals surface area contributed by atoms with Gasteiger partial charge >= 0.3 is 0 Å². The first-order valence-electron chi connectivity index (χ1n) is 7.29. The van der Waals surface area contributed by atoms with Crippen molar-refractivity contribution in [3.05, 3.63) is 65.7 Å². The van der Waals surface area contributed by atoms with E-state index < -0.39 is 22.2 Å². The van der Waals surface area contributed by atoms with Crippen molar-refractivity contribution in [2.75, 3.05) is 5.88 Å². The first-order chi connectivity index (χ1) is 10.9. The SMILES string of the molecule is Cc1ccc(S(=O)(=O)N[C@@H](Cc2ccccc2)[C@@H](O)CCl)cc1. The Hall–Kier alpha value is -1.40. The number of aryl methyl sites for hydroxylation is 1. The van der Waals surface area contributed by atoms with Crippen LogP contribution in [0.4, 0.5) is 0 Å². The highest BCUT2D eigenvalue weighted by Crippen LogP contribution is 2.14. The van der Waals surface area contributed by atoms with E-state index in [4.69, 9.17) is 11.6 Å². The normalized spacial score (nSPS) is 14.4. The summed E-state index contributed by atoms with van der Waals surface area (Å²) < 4.78 is 27.6. The molecule has 124 valence electrons. The number of sulfonamides is 1. The van der Waals surface area contributed by atoms with Gasteiger partial charge in [0.15, 0.2) is 0 Å². The molecule has 0 aliphatic heterocycles. The number of hydrogen-bond acceptors (Lipinski definition) is 3. The Balaban J connectivity index is 2.21. The molecule has 4 nitrogen and oxygen atoms in total. The largest absolute Gasteiger partial charge is 0.390 e. The van der Waals surface area contributed by atoms with Crippen LogP contribution in [0.5, 0.6) is 0 Å². The molecule has 0 aromatic heterocycles. The summed E-state index contributed by atoms with van der Waals surface area (Å²) >= 11 is 5.72. The molecule has 0 radical (unpaired) electrons. The molecule has 0 aliphatic carbocycles. The van der Waals surface area contributed by atoms with Crippen molar-refractivity contribution in [1.82, 2.24) is 4.72 Å². The first-order valence-corrected chi connectivity index (χ1v) is 9.31. The molecule has 0 saturated heterocycles. The number of aliphatic hydroxyl groups is 1. The summed E-state index contributed by atoms with van der Waals surface area (Å²) in [5.74, 6) is -0.0477. The zero-order valence-corrected chi connectivity index (χ0v) is 14.4. The zero-order chi connectivity index (χ0) is 16.9. The van der Waals surface area contributed by atoms with Gasteiger partial charge in [-0.2, -0.15) is 0 Å². The van der Waals surface area contributed by atoms with Crippen LogP contribution in [0, 0.1) is 6.92 Å². The highest BCUT2D eigenvalue weighted by molar-refractivity contribution is 7.89. The molecule has 0 saturated carbocycles. The van der Waals surface area contributed by atoms with Gasteiger partial charge < -0.3 is 5.11 Å². The van der Waals surface area contributed by atoms with Gasteiger partial charge in [0.25, 0.3) is 0 Å². The Kier molecular flexibility index (Phi) is 6.18. The second-order valence-corrected chi connectivity index (χ2v) is 7.47. The summed E-state index contributed by atoms with van der Waals surface area (Å²) in [6.45, 7) is 1.89. The van der Waals surface area contributed by atoms with Crippen LogP contribution in [0.3, 0.4) is 0 Å². The van der Waals surface area contributed by atoms with Gasteiger partial charge in [0.05, 0.1) is 17.0 Å². The summed E-state index contributed by atoms with van der Waals surface area (Å²) in [5, 5.41) is 10.1. The minimum absolute atomic E-state index is 0.0477. The van der Waals surface area contributed by atoms with E-state index in [9.17, 15) is 13.5 Å². The predicted octanol–water partition coefficient (Wildman–Crippen LogP) is 2.48. The summed E-state index contributed by atoms with van der Waals surface area (Å²) in [7, 11) is -3.72. The molecule has 23 heavy (non-hydrogen) atoms. The molecule has 2 aromatic rings. The second-order valence-electron chi connectivity index (χ2n) is 5.45. The smallest absolute Gasteiger partial charge is 0.240 e. The van der Waals surface area contributed by atoms with Crippen molar-refractivity contribution in [3.63, 3.8) is 0 Å². The first kappa shape index (κ1) is 17.9. The summed E-state index contributed by atoms with van der Waals surface area (Å²) in [4.78, 5) is 0.169. The minimum atomic E-state index is -3.72. The molecular formula is C17H20ClNO3S. The highest BCUT2D eigenvalue weighted by Gasteiger charge is 2.25. The fourth-order valence-electron chi connectivity index (χ4n) is 2.22. The maximum absolute atomic E-state index is 12.5. The van der Waals surface area contributed by atoms with Crippen LogP contribution in [0.25, 0.3) is 0 Å². The molecule has 0 amide bonds. The number of nitrogens with one attached hydrogen (secondary N) is 1. The van der Waals surface area contributed by atoms with E-state index in [1.807, 2.05) is 37.3 Å². The van der Waals surface area contributed by atoms with Crippen molar-refractivity contribution < 1.29 is 13.5 Å². The average molecular weight is 354 g/mol. The van der Waals surface area contributed by atoms with Gasteiger partial charge in [-0.05, 0) is 31.0 Å². The predicted molar refractivity (Wildman–Crippen MR) is 92.2 cm³/mol. The molecule has 0 heterocycles. The van der Waals surface area contributed by atoms with E-state index in [-0.39, 0.29) is 10.8 Å². The van der Waals surface area contributed by atoms with Gasteiger partial charge in [-0.3, -0.25) is 0 Å². The molecule has 0 bridgehead atoms. The molecule has 0 fully saturated rings. The van der Waals surface area contributed by atoms with Gasteiger partial charge in [-0.1, -0.05) is 48.0 Å². The highest BCUT2D eigenvalue weighted by atomic mass is 35.5. The minimum Gasteiger partial charge on any atom is -0.390 e. The van der Waals surface area contributed by atoms with Crippen LogP contribution >= 0.6 is 11.6 Å². The van der Waals surface area contributed by atoms with Gasteiger partial charge in [0.1, 0.15) is 0 Å². The fraction of sp³-hybridized carbons (Fsp3) is 0.294. The topological polar surface area (TPSA) is 66.4 Å². The molecule has 2 rings (SSSR count). The molecule has 2 atom stereocenters. The van der Waals surface area contributed by atoms with Crippen molar-refractivity contribution in [1.29, 1.82) is 0 Å². The van der Waals surface area contributed by atoms with E-state index in [0.717, 1.165) is 11.1 Å². The molecule has 0 spiro atoms. The zero-order valence-electron chi connectivity index (χ0n) is 12.8. The lowest BCUT2D eigenvalue weighted by Crippen LogP contribution is -2.45. The van der Waals surface area contributed by atoms with Crippen LogP contribution < -0.4 is 4.72 Å². The molecule has 0 unspecified atom stereocenters. The van der Waals surface area contributed by atoms with Crippen molar-refractivity contribution in [2.24, 2.45) is 0 Å². The maximum Gasteiger partial charge on any atom is 0.240 e. The van der Waals surface area contributed by atoms with Gasteiger partial charge in [-0.15, -0.1) is 11.6 Å². The number of hydrogen-bond donors (Lipinski definition) is 2. The number of rotatable bonds is 7. The summed E-state index contributed by atoms with van der Waals surface area (Å²) in [6, 6.07) is 15.3. The third-order valence-electron chi connectivity index (χ3n) is 3.56. The van der Waals surface area contributed by atoms with E-state index >= 15 is 0 Å². The van der Waals surface area contributed by atoms with Crippen molar-refractivity contribution in [3.8, 4) is 0 Å². The van der Waals surface area contributed by atoms with E-state index in [1.54, 1.807) is 24.3 Å².